The standard InChI is InChI=1S/C20H24N2O2S.C2H6/c1-13-9-14(2)20(15(3)10-13)25(23,24)22-16(4)11-17-12-21-19-8-6-5-7-18(17)19;1-2/h5-10,12,16,21-22H,11H2,1-4H3;1-2H3. The van der Waals surface area contributed by atoms with Crippen LogP contribution in [0.25, 0.3) is 10.9 Å². The number of sulfonamides is 1. The van der Waals surface area contributed by atoms with E-state index in [9.17, 15) is 8.42 Å². The van der Waals surface area contributed by atoms with Crippen LogP contribution in [0.2, 0.25) is 0 Å². The Bertz CT molecular complexity index is 997. The summed E-state index contributed by atoms with van der Waals surface area (Å²) in [5.74, 6) is 0. The van der Waals surface area contributed by atoms with Crippen molar-refractivity contribution >= 4 is 20.9 Å². The highest BCUT2D eigenvalue weighted by molar-refractivity contribution is 7.89. The molecule has 0 radical (unpaired) electrons. The molecular formula is C22H30N2O2S. The zero-order chi connectivity index (χ0) is 20.2. The van der Waals surface area contributed by atoms with E-state index in [1.54, 1.807) is 0 Å². The SMILES string of the molecule is CC.Cc1cc(C)c(S(=O)(=O)NC(C)Cc2c[nH]c3ccccc23)c(C)c1. The minimum Gasteiger partial charge on any atom is -0.361 e. The average molecular weight is 387 g/mol. The fourth-order valence-electron chi connectivity index (χ4n) is 3.59. The lowest BCUT2D eigenvalue weighted by atomic mass is 10.1. The number of aromatic amines is 1. The van der Waals surface area contributed by atoms with Gasteiger partial charge in [-0.2, -0.15) is 0 Å². The second kappa shape index (κ2) is 8.72. The summed E-state index contributed by atoms with van der Waals surface area (Å²) in [7, 11) is -3.55. The predicted molar refractivity (Wildman–Crippen MR) is 114 cm³/mol. The van der Waals surface area contributed by atoms with Crippen LogP contribution in [0, 0.1) is 20.8 Å². The molecule has 0 spiro atoms. The first-order chi connectivity index (χ1) is 12.8. The van der Waals surface area contributed by atoms with Gasteiger partial charge < -0.3 is 4.98 Å². The monoisotopic (exact) mass is 386 g/mol. The normalized spacial score (nSPS) is 12.5. The lowest BCUT2D eigenvalue weighted by molar-refractivity contribution is 0.559. The summed E-state index contributed by atoms with van der Waals surface area (Å²) < 4.78 is 28.6. The molecule has 0 fully saturated rings. The summed E-state index contributed by atoms with van der Waals surface area (Å²) in [6, 6.07) is 11.7. The van der Waals surface area contributed by atoms with Crippen LogP contribution in [0.4, 0.5) is 0 Å². The molecule has 1 atom stereocenters. The maximum absolute atomic E-state index is 12.9. The van der Waals surface area contributed by atoms with Crippen LogP contribution < -0.4 is 4.72 Å². The summed E-state index contributed by atoms with van der Waals surface area (Å²) in [5.41, 5.74) is 4.82. The number of benzene rings is 2. The average Bonchev–Trinajstić information content (AvgIpc) is 2.98. The molecule has 0 aliphatic heterocycles. The zero-order valence-electron chi connectivity index (χ0n) is 17.1. The van der Waals surface area contributed by atoms with Crippen LogP contribution in [-0.4, -0.2) is 19.4 Å². The zero-order valence-corrected chi connectivity index (χ0v) is 17.9. The maximum atomic E-state index is 12.9. The van der Waals surface area contributed by atoms with Gasteiger partial charge in [0, 0.05) is 23.1 Å². The van der Waals surface area contributed by atoms with Gasteiger partial charge in [0.25, 0.3) is 0 Å². The molecule has 5 heteroatoms. The highest BCUT2D eigenvalue weighted by Crippen LogP contribution is 2.23. The first-order valence-corrected chi connectivity index (χ1v) is 10.9. The summed E-state index contributed by atoms with van der Waals surface area (Å²) in [6.07, 6.45) is 2.59. The van der Waals surface area contributed by atoms with Crippen LogP contribution in [0.15, 0.2) is 47.5 Å². The minimum atomic E-state index is -3.55. The molecule has 0 aliphatic rings. The molecule has 2 N–H and O–H groups in total. The molecule has 27 heavy (non-hydrogen) atoms. The van der Waals surface area contributed by atoms with Crippen LogP contribution in [0.5, 0.6) is 0 Å². The van der Waals surface area contributed by atoms with Gasteiger partial charge in [0.15, 0.2) is 0 Å². The van der Waals surface area contributed by atoms with E-state index in [-0.39, 0.29) is 6.04 Å². The molecule has 1 heterocycles. The lowest BCUT2D eigenvalue weighted by Crippen LogP contribution is -2.34. The Morgan fingerprint density at radius 3 is 2.26 bits per heavy atom. The first kappa shape index (κ1) is 21.2. The van der Waals surface area contributed by atoms with Crippen LogP contribution in [0.3, 0.4) is 0 Å². The van der Waals surface area contributed by atoms with E-state index < -0.39 is 10.0 Å². The Morgan fingerprint density at radius 2 is 1.63 bits per heavy atom. The van der Waals surface area contributed by atoms with Gasteiger partial charge in [-0.05, 0) is 56.9 Å². The first-order valence-electron chi connectivity index (χ1n) is 9.43. The maximum Gasteiger partial charge on any atom is 0.241 e. The van der Waals surface area contributed by atoms with E-state index >= 15 is 0 Å². The molecule has 0 aliphatic carbocycles. The number of H-pyrrole nitrogens is 1. The molecule has 0 bridgehead atoms. The Kier molecular flexibility index (Phi) is 6.84. The molecule has 3 rings (SSSR count). The van der Waals surface area contributed by atoms with Gasteiger partial charge in [0.05, 0.1) is 4.90 Å². The molecule has 1 aromatic heterocycles. The quantitative estimate of drug-likeness (QED) is 0.646. The van der Waals surface area contributed by atoms with Gasteiger partial charge in [-0.3, -0.25) is 0 Å². The molecule has 3 aromatic rings. The van der Waals surface area contributed by atoms with Crippen molar-refractivity contribution in [3.63, 3.8) is 0 Å². The van der Waals surface area contributed by atoms with Gasteiger partial charge in [-0.15, -0.1) is 0 Å². The highest BCUT2D eigenvalue weighted by atomic mass is 32.2. The minimum absolute atomic E-state index is 0.204. The van der Waals surface area contributed by atoms with Crippen molar-refractivity contribution < 1.29 is 8.42 Å². The van der Waals surface area contributed by atoms with E-state index in [0.29, 0.717) is 11.3 Å². The van der Waals surface area contributed by atoms with Crippen molar-refractivity contribution in [1.29, 1.82) is 0 Å². The Balaban J connectivity index is 0.00000126. The lowest BCUT2D eigenvalue weighted by Gasteiger charge is -2.17. The predicted octanol–water partition coefficient (Wildman–Crippen LogP) is 5.03. The van der Waals surface area contributed by atoms with Crippen molar-refractivity contribution in [2.75, 3.05) is 0 Å². The van der Waals surface area contributed by atoms with Crippen LogP contribution in [-0.2, 0) is 16.4 Å². The highest BCUT2D eigenvalue weighted by Gasteiger charge is 2.22. The fraction of sp³-hybridized carbons (Fsp3) is 0.364. The molecule has 146 valence electrons. The van der Waals surface area contributed by atoms with Crippen molar-refractivity contribution in [2.45, 2.75) is 58.9 Å². The third-order valence-electron chi connectivity index (χ3n) is 4.43. The Morgan fingerprint density at radius 1 is 1.04 bits per heavy atom. The molecule has 4 nitrogen and oxygen atoms in total. The molecule has 0 saturated carbocycles. The number of aryl methyl sites for hydroxylation is 3. The second-order valence-corrected chi connectivity index (χ2v) is 8.46. The second-order valence-electron chi connectivity index (χ2n) is 6.81. The number of rotatable bonds is 5. The number of nitrogens with one attached hydrogen (secondary N) is 2. The van der Waals surface area contributed by atoms with Crippen LogP contribution >= 0.6 is 0 Å². The van der Waals surface area contributed by atoms with Crippen LogP contribution in [0.1, 0.15) is 43.0 Å². The molecule has 2 aromatic carbocycles. The van der Waals surface area contributed by atoms with E-state index in [1.165, 1.54) is 0 Å². The molecule has 0 amide bonds. The van der Waals surface area contributed by atoms with Crippen molar-refractivity contribution in [3.8, 4) is 0 Å². The number of aromatic nitrogens is 1. The van der Waals surface area contributed by atoms with Gasteiger partial charge in [-0.1, -0.05) is 49.7 Å². The van der Waals surface area contributed by atoms with Gasteiger partial charge in [-0.25, -0.2) is 13.1 Å². The molecular weight excluding hydrogens is 356 g/mol. The van der Waals surface area contributed by atoms with Gasteiger partial charge in [0.1, 0.15) is 0 Å². The molecule has 1 unspecified atom stereocenters. The summed E-state index contributed by atoms with van der Waals surface area (Å²) >= 11 is 0. The third-order valence-corrected chi connectivity index (χ3v) is 6.32. The van der Waals surface area contributed by atoms with Crippen molar-refractivity contribution in [2.24, 2.45) is 0 Å². The largest absolute Gasteiger partial charge is 0.361 e. The van der Waals surface area contributed by atoms with E-state index in [1.807, 2.05) is 78.1 Å². The number of para-hydroxylation sites is 1. The Hall–Kier alpha value is -2.11. The van der Waals surface area contributed by atoms with Crippen molar-refractivity contribution in [3.05, 3.63) is 64.8 Å². The van der Waals surface area contributed by atoms with Gasteiger partial charge in [0.2, 0.25) is 10.0 Å². The number of fused-ring (bicyclic) bond motifs is 1. The smallest absolute Gasteiger partial charge is 0.241 e. The number of hydrogen-bond donors (Lipinski definition) is 2. The van der Waals surface area contributed by atoms with E-state index in [0.717, 1.165) is 33.2 Å². The topological polar surface area (TPSA) is 62.0 Å². The molecule has 0 saturated heterocycles. The third kappa shape index (κ3) is 4.79. The van der Waals surface area contributed by atoms with Gasteiger partial charge >= 0.3 is 0 Å². The summed E-state index contributed by atoms with van der Waals surface area (Å²) in [4.78, 5) is 3.63. The van der Waals surface area contributed by atoms with Crippen molar-refractivity contribution in [1.82, 2.24) is 9.71 Å². The van der Waals surface area contributed by atoms with E-state index in [2.05, 4.69) is 15.8 Å². The number of hydrogen-bond acceptors (Lipinski definition) is 2. The van der Waals surface area contributed by atoms with E-state index in [4.69, 9.17) is 0 Å². The Labute approximate surface area is 163 Å². The summed E-state index contributed by atoms with van der Waals surface area (Å²) in [5, 5.41) is 1.14. The fourth-order valence-corrected chi connectivity index (χ4v) is 5.28. The summed E-state index contributed by atoms with van der Waals surface area (Å²) in [6.45, 7) is 11.6.